The van der Waals surface area contributed by atoms with Crippen LogP contribution in [0.25, 0.3) is 0 Å². The van der Waals surface area contributed by atoms with Crippen LogP contribution in [0.2, 0.25) is 0 Å². The van der Waals surface area contributed by atoms with Crippen LogP contribution in [0.1, 0.15) is 25.5 Å². The SMILES string of the molecule is CCNC(C)c1ccc(Oc2ccccc2F)cc1Br. The summed E-state index contributed by atoms with van der Waals surface area (Å²) in [7, 11) is 0. The van der Waals surface area contributed by atoms with Gasteiger partial charge in [-0.15, -0.1) is 0 Å². The van der Waals surface area contributed by atoms with Gasteiger partial charge >= 0.3 is 0 Å². The molecule has 1 unspecified atom stereocenters. The second kappa shape index (κ2) is 6.86. The molecule has 0 spiro atoms. The van der Waals surface area contributed by atoms with Crippen LogP contribution in [0, 0.1) is 5.82 Å². The maximum atomic E-state index is 13.5. The summed E-state index contributed by atoms with van der Waals surface area (Å²) in [5.41, 5.74) is 1.15. The molecule has 20 heavy (non-hydrogen) atoms. The summed E-state index contributed by atoms with van der Waals surface area (Å²) in [5.74, 6) is 0.468. The van der Waals surface area contributed by atoms with Crippen molar-refractivity contribution in [3.05, 3.63) is 58.3 Å². The largest absolute Gasteiger partial charge is 0.454 e. The van der Waals surface area contributed by atoms with Crippen molar-refractivity contribution in [1.82, 2.24) is 5.32 Å². The Labute approximate surface area is 127 Å². The molecule has 0 aliphatic heterocycles. The first-order valence-corrected chi connectivity index (χ1v) is 7.36. The number of rotatable bonds is 5. The first-order valence-electron chi connectivity index (χ1n) is 6.57. The van der Waals surface area contributed by atoms with Crippen LogP contribution in [0.3, 0.4) is 0 Å². The Morgan fingerprint density at radius 3 is 2.65 bits per heavy atom. The third-order valence-electron chi connectivity index (χ3n) is 3.01. The molecular weight excluding hydrogens is 321 g/mol. The zero-order chi connectivity index (χ0) is 14.5. The van der Waals surface area contributed by atoms with Crippen molar-refractivity contribution < 1.29 is 9.13 Å². The van der Waals surface area contributed by atoms with E-state index in [0.29, 0.717) is 5.75 Å². The quantitative estimate of drug-likeness (QED) is 0.824. The molecule has 2 rings (SSSR count). The molecule has 0 heterocycles. The highest BCUT2D eigenvalue weighted by Crippen LogP contribution is 2.31. The lowest BCUT2D eigenvalue weighted by atomic mass is 10.1. The number of nitrogens with one attached hydrogen (secondary N) is 1. The van der Waals surface area contributed by atoms with E-state index in [1.165, 1.54) is 6.07 Å². The molecule has 0 radical (unpaired) electrons. The summed E-state index contributed by atoms with van der Waals surface area (Å²) in [6, 6.07) is 12.3. The Kier molecular flexibility index (Phi) is 5.15. The summed E-state index contributed by atoms with van der Waals surface area (Å²) < 4.78 is 20.0. The number of benzene rings is 2. The molecule has 1 N–H and O–H groups in total. The molecule has 0 fully saturated rings. The molecule has 0 aliphatic rings. The van der Waals surface area contributed by atoms with Crippen LogP contribution in [0.15, 0.2) is 46.9 Å². The topological polar surface area (TPSA) is 21.3 Å². The molecule has 0 aromatic heterocycles. The van der Waals surface area contributed by atoms with Crippen LogP contribution in [-0.2, 0) is 0 Å². The van der Waals surface area contributed by atoms with E-state index in [-0.39, 0.29) is 17.6 Å². The normalized spacial score (nSPS) is 12.2. The van der Waals surface area contributed by atoms with Crippen LogP contribution in [-0.4, -0.2) is 6.54 Å². The molecule has 0 bridgehead atoms. The Hall–Kier alpha value is -1.39. The van der Waals surface area contributed by atoms with Gasteiger partial charge in [0.1, 0.15) is 5.75 Å². The van der Waals surface area contributed by atoms with Crippen molar-refractivity contribution in [3.63, 3.8) is 0 Å². The van der Waals surface area contributed by atoms with Gasteiger partial charge in [0, 0.05) is 10.5 Å². The molecule has 2 aromatic rings. The molecule has 2 nitrogen and oxygen atoms in total. The van der Waals surface area contributed by atoms with Gasteiger partial charge in [-0.05, 0) is 43.3 Å². The first kappa shape index (κ1) is 15.0. The van der Waals surface area contributed by atoms with E-state index in [9.17, 15) is 4.39 Å². The van der Waals surface area contributed by atoms with Gasteiger partial charge in [-0.1, -0.05) is 41.1 Å². The number of hydrogen-bond acceptors (Lipinski definition) is 2. The summed E-state index contributed by atoms with van der Waals surface area (Å²) in [5, 5.41) is 3.35. The summed E-state index contributed by atoms with van der Waals surface area (Å²) in [4.78, 5) is 0. The molecule has 0 saturated carbocycles. The average molecular weight is 338 g/mol. The Morgan fingerprint density at radius 1 is 1.25 bits per heavy atom. The maximum absolute atomic E-state index is 13.5. The lowest BCUT2D eigenvalue weighted by molar-refractivity contribution is 0.441. The van der Waals surface area contributed by atoms with Crippen molar-refractivity contribution in [2.45, 2.75) is 19.9 Å². The highest BCUT2D eigenvalue weighted by atomic mass is 79.9. The highest BCUT2D eigenvalue weighted by Gasteiger charge is 2.10. The minimum atomic E-state index is -0.367. The molecule has 2 aromatic carbocycles. The van der Waals surface area contributed by atoms with Gasteiger partial charge in [-0.3, -0.25) is 0 Å². The second-order valence-corrected chi connectivity index (χ2v) is 5.35. The van der Waals surface area contributed by atoms with Crippen LogP contribution in [0.5, 0.6) is 11.5 Å². The maximum Gasteiger partial charge on any atom is 0.165 e. The Morgan fingerprint density at radius 2 is 2.00 bits per heavy atom. The van der Waals surface area contributed by atoms with Crippen molar-refractivity contribution in [2.75, 3.05) is 6.54 Å². The molecule has 0 aliphatic carbocycles. The van der Waals surface area contributed by atoms with E-state index in [0.717, 1.165) is 16.6 Å². The third-order valence-corrected chi connectivity index (χ3v) is 3.70. The zero-order valence-corrected chi connectivity index (χ0v) is 13.1. The van der Waals surface area contributed by atoms with Crippen molar-refractivity contribution >= 4 is 15.9 Å². The lowest BCUT2D eigenvalue weighted by Gasteiger charge is -2.15. The predicted octanol–water partition coefficient (Wildman–Crippen LogP) is 5.05. The van der Waals surface area contributed by atoms with E-state index in [2.05, 4.69) is 35.1 Å². The van der Waals surface area contributed by atoms with E-state index in [1.54, 1.807) is 18.2 Å². The van der Waals surface area contributed by atoms with Gasteiger partial charge < -0.3 is 10.1 Å². The molecule has 0 saturated heterocycles. The number of hydrogen-bond donors (Lipinski definition) is 1. The lowest BCUT2D eigenvalue weighted by Crippen LogP contribution is -2.17. The van der Waals surface area contributed by atoms with Crippen LogP contribution < -0.4 is 10.1 Å². The smallest absolute Gasteiger partial charge is 0.165 e. The van der Waals surface area contributed by atoms with Gasteiger partial charge in [0.2, 0.25) is 0 Å². The summed E-state index contributed by atoms with van der Waals surface area (Å²) in [6.07, 6.45) is 0. The van der Waals surface area contributed by atoms with E-state index < -0.39 is 0 Å². The highest BCUT2D eigenvalue weighted by molar-refractivity contribution is 9.10. The minimum Gasteiger partial charge on any atom is -0.454 e. The van der Waals surface area contributed by atoms with Gasteiger partial charge in [0.05, 0.1) is 0 Å². The fraction of sp³-hybridized carbons (Fsp3) is 0.250. The van der Waals surface area contributed by atoms with E-state index >= 15 is 0 Å². The Balaban J connectivity index is 2.19. The second-order valence-electron chi connectivity index (χ2n) is 4.50. The number of para-hydroxylation sites is 1. The minimum absolute atomic E-state index is 0.229. The van der Waals surface area contributed by atoms with Crippen LogP contribution >= 0.6 is 15.9 Å². The average Bonchev–Trinajstić information content (AvgIpc) is 2.42. The van der Waals surface area contributed by atoms with Gasteiger partial charge in [0.25, 0.3) is 0 Å². The van der Waals surface area contributed by atoms with Gasteiger partial charge in [-0.2, -0.15) is 0 Å². The molecular formula is C16H17BrFNO. The fourth-order valence-corrected chi connectivity index (χ4v) is 2.69. The zero-order valence-electron chi connectivity index (χ0n) is 11.5. The van der Waals surface area contributed by atoms with Crippen molar-refractivity contribution in [3.8, 4) is 11.5 Å². The molecule has 106 valence electrons. The van der Waals surface area contributed by atoms with Crippen molar-refractivity contribution in [2.24, 2.45) is 0 Å². The van der Waals surface area contributed by atoms with Gasteiger partial charge in [-0.25, -0.2) is 4.39 Å². The Bertz CT molecular complexity index is 588. The van der Waals surface area contributed by atoms with Crippen molar-refractivity contribution in [1.29, 1.82) is 0 Å². The first-order chi connectivity index (χ1) is 9.61. The molecule has 1 atom stereocenters. The molecule has 4 heteroatoms. The summed E-state index contributed by atoms with van der Waals surface area (Å²) in [6.45, 7) is 5.07. The third kappa shape index (κ3) is 3.58. The monoisotopic (exact) mass is 337 g/mol. The standard InChI is InChI=1S/C16H17BrFNO/c1-3-19-11(2)13-9-8-12(10-14(13)17)20-16-7-5-4-6-15(16)18/h4-11,19H,3H2,1-2H3. The number of ether oxygens (including phenoxy) is 1. The van der Waals surface area contributed by atoms with E-state index in [4.69, 9.17) is 4.74 Å². The van der Waals surface area contributed by atoms with Crippen LogP contribution in [0.4, 0.5) is 4.39 Å². The van der Waals surface area contributed by atoms with Gasteiger partial charge in [0.15, 0.2) is 11.6 Å². The predicted molar refractivity (Wildman–Crippen MR) is 82.7 cm³/mol. The fourth-order valence-electron chi connectivity index (χ4n) is 1.99. The number of halogens is 2. The molecule has 0 amide bonds. The van der Waals surface area contributed by atoms with E-state index in [1.807, 2.05) is 18.2 Å². The summed E-state index contributed by atoms with van der Waals surface area (Å²) >= 11 is 3.54.